The van der Waals surface area contributed by atoms with Gasteiger partial charge in [-0.25, -0.2) is 0 Å². The quantitative estimate of drug-likeness (QED) is 0.835. The Labute approximate surface area is 132 Å². The van der Waals surface area contributed by atoms with E-state index in [0.29, 0.717) is 17.0 Å². The molecule has 1 amide bonds. The zero-order valence-electron chi connectivity index (χ0n) is 13.6. The molecule has 0 radical (unpaired) electrons. The number of anilines is 1. The maximum atomic E-state index is 12.6. The molecule has 4 nitrogen and oxygen atoms in total. The summed E-state index contributed by atoms with van der Waals surface area (Å²) in [5.74, 6) is 0.676. The molecule has 0 aromatic heterocycles. The molecule has 1 aliphatic rings. The third-order valence-corrected chi connectivity index (χ3v) is 4.24. The molecule has 1 aliphatic carbocycles. The van der Waals surface area contributed by atoms with Crippen molar-refractivity contribution in [1.29, 1.82) is 0 Å². The van der Waals surface area contributed by atoms with Gasteiger partial charge in [0, 0.05) is 17.4 Å². The van der Waals surface area contributed by atoms with Crippen LogP contribution < -0.4 is 10.1 Å². The molecule has 1 aromatic rings. The lowest BCUT2D eigenvalue weighted by Crippen LogP contribution is -2.20. The van der Waals surface area contributed by atoms with Gasteiger partial charge in [0.2, 0.25) is 5.91 Å². The van der Waals surface area contributed by atoms with Crippen molar-refractivity contribution < 1.29 is 14.3 Å². The highest BCUT2D eigenvalue weighted by Crippen LogP contribution is 2.31. The van der Waals surface area contributed by atoms with Crippen molar-refractivity contribution in [3.05, 3.63) is 23.8 Å². The van der Waals surface area contributed by atoms with Crippen LogP contribution in [-0.4, -0.2) is 18.8 Å². The summed E-state index contributed by atoms with van der Waals surface area (Å²) in [4.78, 5) is 24.5. The van der Waals surface area contributed by atoms with Gasteiger partial charge in [0.1, 0.15) is 5.75 Å². The van der Waals surface area contributed by atoms with Crippen LogP contribution in [0.3, 0.4) is 0 Å². The Morgan fingerprint density at radius 1 is 1.18 bits per heavy atom. The number of carbonyl (C=O) groups is 2. The molecule has 0 aliphatic heterocycles. The molecule has 1 saturated carbocycles. The van der Waals surface area contributed by atoms with E-state index in [0.717, 1.165) is 25.7 Å². The van der Waals surface area contributed by atoms with E-state index in [1.807, 2.05) is 13.8 Å². The second-order valence-electron chi connectivity index (χ2n) is 6.26. The summed E-state index contributed by atoms with van der Waals surface area (Å²) in [6.07, 6.45) is 5.42. The fraction of sp³-hybridized carbons (Fsp3) is 0.556. The van der Waals surface area contributed by atoms with Crippen molar-refractivity contribution in [3.8, 4) is 5.75 Å². The zero-order valence-corrected chi connectivity index (χ0v) is 13.6. The molecular weight excluding hydrogens is 278 g/mol. The summed E-state index contributed by atoms with van der Waals surface area (Å²) in [6.45, 7) is 3.66. The number of Topliss-reactive ketones (excluding diaryl/α,β-unsaturated/α-hetero) is 1. The van der Waals surface area contributed by atoms with E-state index in [1.54, 1.807) is 25.3 Å². The predicted molar refractivity (Wildman–Crippen MR) is 87.4 cm³/mol. The number of nitrogens with one attached hydrogen (secondary N) is 1. The van der Waals surface area contributed by atoms with Crippen LogP contribution in [0.1, 0.15) is 56.3 Å². The summed E-state index contributed by atoms with van der Waals surface area (Å²) in [6, 6.07) is 5.29. The molecule has 22 heavy (non-hydrogen) atoms. The number of rotatable bonds is 5. The third kappa shape index (κ3) is 3.87. The van der Waals surface area contributed by atoms with Crippen LogP contribution in [0.2, 0.25) is 0 Å². The van der Waals surface area contributed by atoms with Crippen molar-refractivity contribution in [2.75, 3.05) is 12.4 Å². The lowest BCUT2D eigenvalue weighted by Gasteiger charge is -2.21. The number of benzene rings is 1. The normalized spacial score (nSPS) is 15.6. The summed E-state index contributed by atoms with van der Waals surface area (Å²) >= 11 is 0. The number of methoxy groups -OCH3 is 1. The van der Waals surface area contributed by atoms with Crippen LogP contribution in [-0.2, 0) is 4.79 Å². The third-order valence-electron chi connectivity index (χ3n) is 4.24. The topological polar surface area (TPSA) is 55.4 Å². The van der Waals surface area contributed by atoms with Crippen LogP contribution in [0.25, 0.3) is 0 Å². The van der Waals surface area contributed by atoms with Gasteiger partial charge in [-0.15, -0.1) is 0 Å². The number of ether oxygens (including phenoxy) is 1. The number of hydrogen-bond donors (Lipinski definition) is 1. The predicted octanol–water partition coefficient (Wildman–Crippen LogP) is 4.05. The van der Waals surface area contributed by atoms with Crippen LogP contribution in [0, 0.1) is 11.8 Å². The summed E-state index contributed by atoms with van der Waals surface area (Å²) < 4.78 is 5.28. The highest BCUT2D eigenvalue weighted by atomic mass is 16.5. The maximum Gasteiger partial charge on any atom is 0.227 e. The van der Waals surface area contributed by atoms with E-state index in [1.165, 1.54) is 6.42 Å². The van der Waals surface area contributed by atoms with E-state index in [2.05, 4.69) is 5.32 Å². The monoisotopic (exact) mass is 303 g/mol. The average molecular weight is 303 g/mol. The lowest BCUT2D eigenvalue weighted by atomic mass is 9.84. The molecule has 120 valence electrons. The molecule has 1 aromatic carbocycles. The van der Waals surface area contributed by atoms with Crippen LogP contribution in [0.15, 0.2) is 18.2 Å². The van der Waals surface area contributed by atoms with Crippen molar-refractivity contribution in [3.63, 3.8) is 0 Å². The Morgan fingerprint density at radius 3 is 2.45 bits per heavy atom. The standard InChI is InChI=1S/C18H25NO3/c1-12(2)18(21)19-15-11-14(9-10-16(15)22-3)17(20)13-7-5-4-6-8-13/h9-13H,4-8H2,1-3H3,(H,19,21). The van der Waals surface area contributed by atoms with Gasteiger partial charge in [-0.2, -0.15) is 0 Å². The van der Waals surface area contributed by atoms with Crippen LogP contribution in [0.4, 0.5) is 5.69 Å². The van der Waals surface area contributed by atoms with E-state index < -0.39 is 0 Å². The minimum absolute atomic E-state index is 0.0828. The van der Waals surface area contributed by atoms with Gasteiger partial charge in [-0.1, -0.05) is 33.1 Å². The summed E-state index contributed by atoms with van der Waals surface area (Å²) in [5, 5.41) is 2.84. The molecule has 4 heteroatoms. The fourth-order valence-electron chi connectivity index (χ4n) is 2.84. The molecule has 0 spiro atoms. The number of ketones is 1. The van der Waals surface area contributed by atoms with E-state index in [4.69, 9.17) is 4.74 Å². The first-order valence-corrected chi connectivity index (χ1v) is 8.06. The van der Waals surface area contributed by atoms with Gasteiger partial charge >= 0.3 is 0 Å². The van der Waals surface area contributed by atoms with Crippen molar-refractivity contribution in [2.45, 2.75) is 46.0 Å². The van der Waals surface area contributed by atoms with Crippen LogP contribution >= 0.6 is 0 Å². The second-order valence-corrected chi connectivity index (χ2v) is 6.26. The highest BCUT2D eigenvalue weighted by molar-refractivity contribution is 6.01. The average Bonchev–Trinajstić information content (AvgIpc) is 2.54. The highest BCUT2D eigenvalue weighted by Gasteiger charge is 2.23. The van der Waals surface area contributed by atoms with Crippen LogP contribution in [0.5, 0.6) is 5.75 Å². The summed E-state index contributed by atoms with van der Waals surface area (Å²) in [7, 11) is 1.56. The van der Waals surface area contributed by atoms with Gasteiger partial charge in [-0.3, -0.25) is 9.59 Å². The van der Waals surface area contributed by atoms with E-state index >= 15 is 0 Å². The van der Waals surface area contributed by atoms with Gasteiger partial charge < -0.3 is 10.1 Å². The fourth-order valence-corrected chi connectivity index (χ4v) is 2.84. The molecule has 0 heterocycles. The minimum Gasteiger partial charge on any atom is -0.495 e. The Balaban J connectivity index is 2.22. The SMILES string of the molecule is COc1ccc(C(=O)C2CCCCC2)cc1NC(=O)C(C)C. The molecule has 1 N–H and O–H groups in total. The second kappa shape index (κ2) is 7.43. The maximum absolute atomic E-state index is 12.6. The molecule has 1 fully saturated rings. The van der Waals surface area contributed by atoms with E-state index in [-0.39, 0.29) is 23.5 Å². The first-order valence-electron chi connectivity index (χ1n) is 8.06. The Kier molecular flexibility index (Phi) is 5.58. The van der Waals surface area contributed by atoms with Gasteiger partial charge in [0.25, 0.3) is 0 Å². The number of hydrogen-bond acceptors (Lipinski definition) is 3. The molecule has 2 rings (SSSR count). The molecule has 0 atom stereocenters. The lowest BCUT2D eigenvalue weighted by molar-refractivity contribution is -0.118. The number of carbonyl (C=O) groups excluding carboxylic acids is 2. The first-order chi connectivity index (χ1) is 10.5. The van der Waals surface area contributed by atoms with Gasteiger partial charge in [0.15, 0.2) is 5.78 Å². The van der Waals surface area contributed by atoms with Crippen molar-refractivity contribution >= 4 is 17.4 Å². The van der Waals surface area contributed by atoms with Crippen molar-refractivity contribution in [1.82, 2.24) is 0 Å². The smallest absolute Gasteiger partial charge is 0.227 e. The van der Waals surface area contributed by atoms with Gasteiger partial charge in [0.05, 0.1) is 12.8 Å². The largest absolute Gasteiger partial charge is 0.495 e. The Hall–Kier alpha value is -1.84. The minimum atomic E-state index is -0.123. The molecule has 0 unspecified atom stereocenters. The molecule has 0 saturated heterocycles. The Morgan fingerprint density at radius 2 is 1.86 bits per heavy atom. The molecular formula is C18H25NO3. The first kappa shape index (κ1) is 16.5. The van der Waals surface area contributed by atoms with Crippen molar-refractivity contribution in [2.24, 2.45) is 11.8 Å². The van der Waals surface area contributed by atoms with E-state index in [9.17, 15) is 9.59 Å². The Bertz CT molecular complexity index is 545. The zero-order chi connectivity index (χ0) is 16.1. The van der Waals surface area contributed by atoms with Gasteiger partial charge in [-0.05, 0) is 31.0 Å². The number of amides is 1. The molecule has 0 bridgehead atoms. The summed E-state index contributed by atoms with van der Waals surface area (Å²) in [5.41, 5.74) is 1.23.